The highest BCUT2D eigenvalue weighted by Gasteiger charge is 2.35. The molecule has 1 aromatic rings. The smallest absolute Gasteiger partial charge is 0.144 e. The minimum atomic E-state index is 0.284. The van der Waals surface area contributed by atoms with E-state index in [0.29, 0.717) is 11.6 Å². The maximum atomic E-state index is 9.26. The van der Waals surface area contributed by atoms with Crippen molar-refractivity contribution in [1.82, 2.24) is 4.98 Å². The summed E-state index contributed by atoms with van der Waals surface area (Å²) in [7, 11) is 0. The minimum absolute atomic E-state index is 0.284. The molecule has 1 heterocycles. The maximum Gasteiger partial charge on any atom is 0.144 e. The normalized spacial score (nSPS) is 21.6. The van der Waals surface area contributed by atoms with Crippen LogP contribution in [0.25, 0.3) is 0 Å². The summed E-state index contributed by atoms with van der Waals surface area (Å²) in [5.41, 5.74) is 2.93. The van der Waals surface area contributed by atoms with Gasteiger partial charge >= 0.3 is 0 Å². The van der Waals surface area contributed by atoms with Crippen LogP contribution in [-0.2, 0) is 0 Å². The van der Waals surface area contributed by atoms with Crippen molar-refractivity contribution in [2.24, 2.45) is 5.41 Å². The molecule has 0 spiro atoms. The highest BCUT2D eigenvalue weighted by Crippen LogP contribution is 2.39. The molecule has 1 aliphatic rings. The van der Waals surface area contributed by atoms with Crippen molar-refractivity contribution in [3.8, 4) is 6.07 Å². The van der Waals surface area contributed by atoms with Gasteiger partial charge in [-0.25, -0.2) is 4.98 Å². The van der Waals surface area contributed by atoms with E-state index in [0.717, 1.165) is 23.5 Å². The molecule has 1 N–H and O–H groups in total. The average Bonchev–Trinajstić information content (AvgIpc) is 2.58. The fourth-order valence-corrected chi connectivity index (χ4v) is 2.84. The number of hydrogen-bond acceptors (Lipinski definition) is 3. The second-order valence-corrected chi connectivity index (χ2v) is 5.99. The van der Waals surface area contributed by atoms with Crippen LogP contribution in [0.4, 0.5) is 5.82 Å². The summed E-state index contributed by atoms with van der Waals surface area (Å²) in [6.45, 7) is 8.51. The van der Waals surface area contributed by atoms with Gasteiger partial charge < -0.3 is 5.32 Å². The van der Waals surface area contributed by atoms with Gasteiger partial charge in [-0.2, -0.15) is 5.26 Å². The Balaban J connectivity index is 2.32. The second kappa shape index (κ2) is 4.61. The summed E-state index contributed by atoms with van der Waals surface area (Å²) in [6.07, 6.45) is 3.64. The van der Waals surface area contributed by atoms with E-state index in [-0.39, 0.29) is 5.41 Å². The van der Waals surface area contributed by atoms with Crippen molar-refractivity contribution in [2.75, 3.05) is 5.32 Å². The van der Waals surface area contributed by atoms with E-state index in [1.807, 2.05) is 19.9 Å². The second-order valence-electron chi connectivity index (χ2n) is 5.99. The first kappa shape index (κ1) is 12.9. The molecule has 1 aromatic heterocycles. The molecule has 1 saturated carbocycles. The quantitative estimate of drug-likeness (QED) is 0.864. The Labute approximate surface area is 109 Å². The lowest BCUT2D eigenvalue weighted by Gasteiger charge is -2.28. The summed E-state index contributed by atoms with van der Waals surface area (Å²) in [4.78, 5) is 4.50. The van der Waals surface area contributed by atoms with Gasteiger partial charge in [-0.15, -0.1) is 0 Å². The van der Waals surface area contributed by atoms with Gasteiger partial charge in [-0.3, -0.25) is 0 Å². The molecule has 0 bridgehead atoms. The fraction of sp³-hybridized carbons (Fsp3) is 0.600. The molecule has 3 nitrogen and oxygen atoms in total. The Kier molecular flexibility index (Phi) is 3.30. The van der Waals surface area contributed by atoms with Crippen molar-refractivity contribution in [1.29, 1.82) is 5.26 Å². The van der Waals surface area contributed by atoms with Crippen LogP contribution >= 0.6 is 0 Å². The van der Waals surface area contributed by atoms with Crippen LogP contribution < -0.4 is 5.32 Å². The summed E-state index contributed by atoms with van der Waals surface area (Å²) < 4.78 is 0. The number of aromatic nitrogens is 1. The van der Waals surface area contributed by atoms with Gasteiger partial charge in [0.25, 0.3) is 0 Å². The van der Waals surface area contributed by atoms with Crippen molar-refractivity contribution >= 4 is 5.82 Å². The van der Waals surface area contributed by atoms with Crippen LogP contribution in [0.2, 0.25) is 0 Å². The number of hydrogen-bond donors (Lipinski definition) is 1. The first-order valence-corrected chi connectivity index (χ1v) is 6.59. The van der Waals surface area contributed by atoms with Crippen LogP contribution in [0.3, 0.4) is 0 Å². The topological polar surface area (TPSA) is 48.7 Å². The summed E-state index contributed by atoms with van der Waals surface area (Å²) in [5.74, 6) is 0.759. The van der Waals surface area contributed by atoms with E-state index in [1.54, 1.807) is 0 Å². The maximum absolute atomic E-state index is 9.26. The number of anilines is 1. The Morgan fingerprint density at radius 3 is 2.72 bits per heavy atom. The van der Waals surface area contributed by atoms with Gasteiger partial charge in [0, 0.05) is 11.7 Å². The zero-order valence-electron chi connectivity index (χ0n) is 11.7. The molecule has 2 rings (SSSR count). The minimum Gasteiger partial charge on any atom is -0.366 e. The van der Waals surface area contributed by atoms with Crippen LogP contribution in [-0.4, -0.2) is 11.0 Å². The van der Waals surface area contributed by atoms with E-state index in [9.17, 15) is 5.26 Å². The Hall–Kier alpha value is -1.56. The lowest BCUT2D eigenvalue weighted by atomic mass is 9.87. The van der Waals surface area contributed by atoms with E-state index in [1.165, 1.54) is 12.8 Å². The van der Waals surface area contributed by atoms with Crippen LogP contribution in [0.5, 0.6) is 0 Å². The standard InChI is InChI=1S/C15H21N3/c1-10-8-11(2)17-14(12(10)9-16)18-13-6-5-7-15(13,3)4/h8,13H,5-7H2,1-4H3,(H,17,18). The monoisotopic (exact) mass is 243 g/mol. The van der Waals surface area contributed by atoms with E-state index in [4.69, 9.17) is 0 Å². The molecule has 3 heteroatoms. The van der Waals surface area contributed by atoms with E-state index < -0.39 is 0 Å². The molecule has 18 heavy (non-hydrogen) atoms. The molecule has 96 valence electrons. The molecule has 1 atom stereocenters. The highest BCUT2D eigenvalue weighted by molar-refractivity contribution is 5.57. The number of nitrogens with one attached hydrogen (secondary N) is 1. The zero-order valence-corrected chi connectivity index (χ0v) is 11.7. The third kappa shape index (κ3) is 2.33. The van der Waals surface area contributed by atoms with Crippen molar-refractivity contribution in [3.63, 3.8) is 0 Å². The highest BCUT2D eigenvalue weighted by atomic mass is 15.0. The first-order chi connectivity index (χ1) is 8.44. The van der Waals surface area contributed by atoms with Crippen LogP contribution in [0.15, 0.2) is 6.07 Å². The Bertz CT molecular complexity index is 497. The van der Waals surface area contributed by atoms with Gasteiger partial charge in [-0.1, -0.05) is 20.3 Å². The lowest BCUT2D eigenvalue weighted by molar-refractivity contribution is 0.349. The predicted octanol–water partition coefficient (Wildman–Crippen LogP) is 3.56. The molecule has 0 aliphatic heterocycles. The molecular formula is C15H21N3. The third-order valence-corrected chi connectivity index (χ3v) is 4.02. The number of pyridine rings is 1. The molecule has 1 unspecified atom stereocenters. The van der Waals surface area contributed by atoms with Crippen LogP contribution in [0, 0.1) is 30.6 Å². The van der Waals surface area contributed by atoms with Gasteiger partial charge in [-0.05, 0) is 43.7 Å². The first-order valence-electron chi connectivity index (χ1n) is 6.59. The van der Waals surface area contributed by atoms with Gasteiger partial charge in [0.15, 0.2) is 0 Å². The van der Waals surface area contributed by atoms with Gasteiger partial charge in [0.2, 0.25) is 0 Å². The molecule has 0 amide bonds. The zero-order chi connectivity index (χ0) is 13.3. The summed E-state index contributed by atoms with van der Waals surface area (Å²) in [5, 5.41) is 12.8. The molecule has 0 aromatic carbocycles. The molecule has 1 fully saturated rings. The number of rotatable bonds is 2. The lowest BCUT2D eigenvalue weighted by Crippen LogP contribution is -2.31. The van der Waals surface area contributed by atoms with Crippen molar-refractivity contribution in [2.45, 2.75) is 53.0 Å². The van der Waals surface area contributed by atoms with E-state index >= 15 is 0 Å². The Morgan fingerprint density at radius 2 is 2.17 bits per heavy atom. The summed E-state index contributed by atoms with van der Waals surface area (Å²) in [6, 6.07) is 4.64. The number of aryl methyl sites for hydroxylation is 2. The molecular weight excluding hydrogens is 222 g/mol. The van der Waals surface area contributed by atoms with Gasteiger partial charge in [0.1, 0.15) is 11.9 Å². The summed E-state index contributed by atoms with van der Waals surface area (Å²) >= 11 is 0. The largest absolute Gasteiger partial charge is 0.366 e. The number of nitriles is 1. The third-order valence-electron chi connectivity index (χ3n) is 4.02. The van der Waals surface area contributed by atoms with Crippen molar-refractivity contribution in [3.05, 3.63) is 22.9 Å². The number of nitrogens with zero attached hydrogens (tertiary/aromatic N) is 2. The molecule has 1 aliphatic carbocycles. The average molecular weight is 243 g/mol. The molecule has 0 radical (unpaired) electrons. The predicted molar refractivity (Wildman–Crippen MR) is 73.5 cm³/mol. The fourth-order valence-electron chi connectivity index (χ4n) is 2.84. The Morgan fingerprint density at radius 1 is 1.44 bits per heavy atom. The van der Waals surface area contributed by atoms with E-state index in [2.05, 4.69) is 30.2 Å². The van der Waals surface area contributed by atoms with Crippen molar-refractivity contribution < 1.29 is 0 Å². The SMILES string of the molecule is Cc1cc(C)c(C#N)c(NC2CCCC2(C)C)n1. The van der Waals surface area contributed by atoms with Gasteiger partial charge in [0.05, 0.1) is 5.56 Å². The molecule has 0 saturated heterocycles. The van der Waals surface area contributed by atoms with Crippen LogP contribution in [0.1, 0.15) is 49.9 Å².